The monoisotopic (exact) mass is 193 g/mol. The lowest BCUT2D eigenvalue weighted by Gasteiger charge is -2.35. The van der Waals surface area contributed by atoms with Gasteiger partial charge in [0.2, 0.25) is 5.92 Å². The van der Waals surface area contributed by atoms with Crippen LogP contribution in [0.4, 0.5) is 8.78 Å². The fourth-order valence-electron chi connectivity index (χ4n) is 1.43. The van der Waals surface area contributed by atoms with E-state index < -0.39 is 17.6 Å². The standard InChI is InChI=1S/C8H13F2NO2/c1-6(12)13-8(11)4-2-7(9,10)3-5-8/h2-5,11H2,1H3. The maximum atomic E-state index is 12.7. The van der Waals surface area contributed by atoms with Crippen molar-refractivity contribution >= 4 is 5.97 Å². The van der Waals surface area contributed by atoms with Crippen LogP contribution in [0.1, 0.15) is 32.6 Å². The fourth-order valence-corrected chi connectivity index (χ4v) is 1.43. The van der Waals surface area contributed by atoms with Crippen LogP contribution >= 0.6 is 0 Å². The van der Waals surface area contributed by atoms with Crippen molar-refractivity contribution in [2.24, 2.45) is 5.73 Å². The number of rotatable bonds is 1. The van der Waals surface area contributed by atoms with Crippen molar-refractivity contribution in [3.05, 3.63) is 0 Å². The summed E-state index contributed by atoms with van der Waals surface area (Å²) in [5.74, 6) is -3.17. The first-order valence-electron chi connectivity index (χ1n) is 4.19. The Morgan fingerprint density at radius 1 is 1.31 bits per heavy atom. The average Bonchev–Trinajstić information content (AvgIpc) is 1.95. The van der Waals surface area contributed by atoms with Crippen LogP contribution in [0.2, 0.25) is 0 Å². The molecule has 2 N–H and O–H groups in total. The van der Waals surface area contributed by atoms with Gasteiger partial charge in [0.25, 0.3) is 0 Å². The molecule has 1 fully saturated rings. The topological polar surface area (TPSA) is 52.3 Å². The third kappa shape index (κ3) is 2.91. The zero-order chi connectivity index (χ0) is 10.1. The molecule has 1 aliphatic carbocycles. The van der Waals surface area contributed by atoms with Crippen molar-refractivity contribution in [1.82, 2.24) is 0 Å². The normalized spacial score (nSPS) is 25.2. The Hall–Kier alpha value is -0.710. The van der Waals surface area contributed by atoms with E-state index in [9.17, 15) is 13.6 Å². The summed E-state index contributed by atoms with van der Waals surface area (Å²) in [6.07, 6.45) is -0.563. The highest BCUT2D eigenvalue weighted by atomic mass is 19.3. The Morgan fingerprint density at radius 2 is 1.77 bits per heavy atom. The Bertz CT molecular complexity index is 208. The van der Waals surface area contributed by atoms with Crippen molar-refractivity contribution < 1.29 is 18.3 Å². The molecular weight excluding hydrogens is 180 g/mol. The van der Waals surface area contributed by atoms with Crippen molar-refractivity contribution in [2.45, 2.75) is 44.3 Å². The lowest BCUT2D eigenvalue weighted by Crippen LogP contribution is -2.49. The maximum absolute atomic E-state index is 12.7. The Kier molecular flexibility index (Phi) is 2.56. The number of halogens is 2. The highest BCUT2D eigenvalue weighted by Crippen LogP contribution is 2.37. The molecule has 0 atom stereocenters. The van der Waals surface area contributed by atoms with E-state index in [1.54, 1.807) is 0 Å². The number of hydrogen-bond acceptors (Lipinski definition) is 3. The van der Waals surface area contributed by atoms with Gasteiger partial charge in [0.05, 0.1) is 0 Å². The number of nitrogens with two attached hydrogens (primary N) is 1. The van der Waals surface area contributed by atoms with Crippen LogP contribution in [0, 0.1) is 0 Å². The second kappa shape index (κ2) is 3.21. The number of esters is 1. The van der Waals surface area contributed by atoms with Gasteiger partial charge in [-0.3, -0.25) is 10.5 Å². The van der Waals surface area contributed by atoms with Gasteiger partial charge in [-0.25, -0.2) is 8.78 Å². The first-order chi connectivity index (χ1) is 5.83. The van der Waals surface area contributed by atoms with Crippen molar-refractivity contribution in [3.8, 4) is 0 Å². The van der Waals surface area contributed by atoms with Crippen LogP contribution in [0.3, 0.4) is 0 Å². The van der Waals surface area contributed by atoms with Gasteiger partial charge in [0.1, 0.15) is 0 Å². The summed E-state index contributed by atoms with van der Waals surface area (Å²) in [7, 11) is 0. The lowest BCUT2D eigenvalue weighted by molar-refractivity contribution is -0.169. The first kappa shape index (κ1) is 10.4. The van der Waals surface area contributed by atoms with E-state index in [2.05, 4.69) is 0 Å². The summed E-state index contributed by atoms with van der Waals surface area (Å²) < 4.78 is 30.2. The Balaban J connectivity index is 2.51. The second-order valence-corrected chi connectivity index (χ2v) is 3.51. The smallest absolute Gasteiger partial charge is 0.304 e. The summed E-state index contributed by atoms with van der Waals surface area (Å²) in [4.78, 5) is 10.6. The summed E-state index contributed by atoms with van der Waals surface area (Å²) in [5.41, 5.74) is 4.43. The molecule has 0 aliphatic heterocycles. The van der Waals surface area contributed by atoms with Crippen LogP contribution in [-0.2, 0) is 9.53 Å². The van der Waals surface area contributed by atoms with Crippen molar-refractivity contribution in [2.75, 3.05) is 0 Å². The van der Waals surface area contributed by atoms with Crippen molar-refractivity contribution in [3.63, 3.8) is 0 Å². The number of ether oxygens (including phenoxy) is 1. The molecule has 0 unspecified atom stereocenters. The van der Waals surface area contributed by atoms with Gasteiger partial charge in [-0.2, -0.15) is 0 Å². The van der Waals surface area contributed by atoms with E-state index in [0.717, 1.165) is 0 Å². The molecule has 1 saturated carbocycles. The number of carbonyl (C=O) groups excluding carboxylic acids is 1. The fraction of sp³-hybridized carbons (Fsp3) is 0.875. The van der Waals surface area contributed by atoms with Gasteiger partial charge in [-0.1, -0.05) is 0 Å². The van der Waals surface area contributed by atoms with Crippen LogP contribution < -0.4 is 5.73 Å². The molecule has 0 bridgehead atoms. The number of hydrogen-bond donors (Lipinski definition) is 1. The molecule has 3 nitrogen and oxygen atoms in total. The molecule has 5 heteroatoms. The van der Waals surface area contributed by atoms with Crippen LogP contribution in [0.15, 0.2) is 0 Å². The third-order valence-corrected chi connectivity index (χ3v) is 2.17. The van der Waals surface area contributed by atoms with E-state index >= 15 is 0 Å². The average molecular weight is 193 g/mol. The predicted molar refractivity (Wildman–Crippen MR) is 42.1 cm³/mol. The SMILES string of the molecule is CC(=O)OC1(N)CCC(F)(F)CC1. The minimum absolute atomic E-state index is 0.0274. The van der Waals surface area contributed by atoms with E-state index in [0.29, 0.717) is 0 Å². The molecule has 1 rings (SSSR count). The summed E-state index contributed by atoms with van der Waals surface area (Å²) in [6, 6.07) is 0. The molecule has 0 aromatic carbocycles. The summed E-state index contributed by atoms with van der Waals surface area (Å²) in [5, 5.41) is 0. The molecule has 0 saturated heterocycles. The molecule has 0 aromatic rings. The van der Waals surface area contributed by atoms with E-state index in [1.807, 2.05) is 0 Å². The molecule has 0 amide bonds. The van der Waals surface area contributed by atoms with Crippen LogP contribution in [-0.4, -0.2) is 17.6 Å². The van der Waals surface area contributed by atoms with Crippen LogP contribution in [0.5, 0.6) is 0 Å². The van der Waals surface area contributed by atoms with Gasteiger partial charge in [-0.15, -0.1) is 0 Å². The Labute approximate surface area is 75.2 Å². The molecule has 13 heavy (non-hydrogen) atoms. The molecular formula is C8H13F2NO2. The largest absolute Gasteiger partial charge is 0.444 e. The molecule has 1 aliphatic rings. The molecule has 0 radical (unpaired) electrons. The highest BCUT2D eigenvalue weighted by Gasteiger charge is 2.43. The van der Waals surface area contributed by atoms with E-state index in [-0.39, 0.29) is 25.7 Å². The number of carbonyl (C=O) groups is 1. The third-order valence-electron chi connectivity index (χ3n) is 2.17. The summed E-state index contributed by atoms with van der Waals surface area (Å²) in [6.45, 7) is 1.22. The zero-order valence-corrected chi connectivity index (χ0v) is 7.48. The predicted octanol–water partition coefficient (Wildman–Crippen LogP) is 1.41. The number of alkyl halides is 2. The van der Waals surface area contributed by atoms with Crippen LogP contribution in [0.25, 0.3) is 0 Å². The van der Waals surface area contributed by atoms with Gasteiger partial charge in [-0.05, 0) is 0 Å². The molecule has 0 heterocycles. The van der Waals surface area contributed by atoms with Gasteiger partial charge < -0.3 is 4.74 Å². The second-order valence-electron chi connectivity index (χ2n) is 3.51. The Morgan fingerprint density at radius 3 is 2.15 bits per heavy atom. The highest BCUT2D eigenvalue weighted by molar-refractivity contribution is 5.66. The molecule has 76 valence electrons. The summed E-state index contributed by atoms with van der Waals surface area (Å²) >= 11 is 0. The van der Waals surface area contributed by atoms with Crippen molar-refractivity contribution in [1.29, 1.82) is 0 Å². The van der Waals surface area contributed by atoms with E-state index in [4.69, 9.17) is 10.5 Å². The lowest BCUT2D eigenvalue weighted by atomic mass is 9.89. The quantitative estimate of drug-likeness (QED) is 0.506. The molecule has 0 aromatic heterocycles. The maximum Gasteiger partial charge on any atom is 0.304 e. The molecule has 0 spiro atoms. The first-order valence-corrected chi connectivity index (χ1v) is 4.19. The zero-order valence-electron chi connectivity index (χ0n) is 7.48. The van der Waals surface area contributed by atoms with Gasteiger partial charge in [0.15, 0.2) is 5.72 Å². The minimum atomic E-state index is -2.65. The van der Waals surface area contributed by atoms with Gasteiger partial charge >= 0.3 is 5.97 Å². The minimum Gasteiger partial charge on any atom is -0.444 e. The van der Waals surface area contributed by atoms with E-state index in [1.165, 1.54) is 6.92 Å². The van der Waals surface area contributed by atoms with Gasteiger partial charge in [0, 0.05) is 32.6 Å².